The van der Waals surface area contributed by atoms with Gasteiger partial charge in [0.25, 0.3) is 5.76 Å². The van der Waals surface area contributed by atoms with E-state index in [0.717, 1.165) is 16.9 Å². The van der Waals surface area contributed by atoms with Gasteiger partial charge in [-0.15, -0.1) is 0 Å². The normalized spacial score (nSPS) is 10.4. The average Bonchev–Trinajstić information content (AvgIpc) is 2.51. The molecule has 8 heteroatoms. The number of alkyl halides is 2. The minimum atomic E-state index is -2.44. The zero-order chi connectivity index (χ0) is 18.4. The van der Waals surface area contributed by atoms with E-state index in [1.54, 1.807) is 36.4 Å². The molecule has 132 valence electrons. The van der Waals surface area contributed by atoms with Gasteiger partial charge in [-0.1, -0.05) is 11.8 Å². The summed E-state index contributed by atoms with van der Waals surface area (Å²) in [7, 11) is 0. The van der Waals surface area contributed by atoms with Crippen LogP contribution in [0.4, 0.5) is 25.8 Å². The number of amides is 1. The van der Waals surface area contributed by atoms with Crippen LogP contribution in [0.5, 0.6) is 0 Å². The first-order valence-electron chi connectivity index (χ1n) is 7.34. The monoisotopic (exact) mass is 381 g/mol. The third-order valence-electron chi connectivity index (χ3n) is 3.13. The Balaban J connectivity index is 1.95. The van der Waals surface area contributed by atoms with Gasteiger partial charge in [-0.25, -0.2) is 0 Å². The molecule has 0 heterocycles. The molecule has 2 aromatic rings. The van der Waals surface area contributed by atoms with Crippen molar-refractivity contribution >= 4 is 52.1 Å². The van der Waals surface area contributed by atoms with Crippen molar-refractivity contribution in [3.8, 4) is 0 Å². The van der Waals surface area contributed by atoms with Gasteiger partial charge in [0.15, 0.2) is 5.11 Å². The Bertz CT molecular complexity index is 767. The van der Waals surface area contributed by atoms with Crippen molar-refractivity contribution in [2.24, 2.45) is 0 Å². The van der Waals surface area contributed by atoms with Crippen LogP contribution in [0, 0.1) is 6.92 Å². The van der Waals surface area contributed by atoms with Crippen LogP contribution in [0.1, 0.15) is 12.5 Å². The third-order valence-corrected chi connectivity index (χ3v) is 4.06. The van der Waals surface area contributed by atoms with E-state index >= 15 is 0 Å². The highest BCUT2D eigenvalue weighted by Crippen LogP contribution is 2.26. The van der Waals surface area contributed by atoms with Gasteiger partial charge in [0.1, 0.15) is 0 Å². The second kappa shape index (κ2) is 8.77. The number of carbonyl (C=O) groups excluding carboxylic acids is 1. The summed E-state index contributed by atoms with van der Waals surface area (Å²) >= 11 is 5.75. The predicted molar refractivity (Wildman–Crippen MR) is 104 cm³/mol. The van der Waals surface area contributed by atoms with E-state index in [4.69, 9.17) is 12.2 Å². The molecular formula is C17H17F2N3OS2. The summed E-state index contributed by atoms with van der Waals surface area (Å²) in [4.78, 5) is 11.6. The number of carbonyl (C=O) groups is 1. The Hall–Kier alpha value is -2.19. The molecule has 0 fully saturated rings. The standard InChI is InChI=1S/C17H17F2N3OS2/c1-10-9-13(5-8-15(10)20-11(2)23)22-17(24)21-12-3-6-14(7-4-12)25-16(18)19/h3-9,16H,1-2H3,(H,20,23)(H2,21,22,24). The third kappa shape index (κ3) is 6.32. The first-order valence-corrected chi connectivity index (χ1v) is 8.63. The smallest absolute Gasteiger partial charge is 0.288 e. The number of hydrogen-bond donors (Lipinski definition) is 3. The van der Waals surface area contributed by atoms with Crippen molar-refractivity contribution < 1.29 is 13.6 Å². The molecule has 0 aliphatic rings. The predicted octanol–water partition coefficient (Wildman–Crippen LogP) is 5.08. The quantitative estimate of drug-likeness (QED) is 0.498. The fraction of sp³-hybridized carbons (Fsp3) is 0.176. The number of thiocarbonyl (C=S) groups is 1. The van der Waals surface area contributed by atoms with Crippen LogP contribution in [0.25, 0.3) is 0 Å². The number of benzene rings is 2. The second-order valence-electron chi connectivity index (χ2n) is 5.19. The Morgan fingerprint density at radius 2 is 1.64 bits per heavy atom. The van der Waals surface area contributed by atoms with Crippen molar-refractivity contribution in [1.29, 1.82) is 0 Å². The Morgan fingerprint density at radius 3 is 2.20 bits per heavy atom. The summed E-state index contributed by atoms with van der Waals surface area (Å²) in [5.74, 6) is -2.57. The summed E-state index contributed by atoms with van der Waals surface area (Å²) < 4.78 is 24.6. The fourth-order valence-electron chi connectivity index (χ4n) is 2.08. The highest BCUT2D eigenvalue weighted by Gasteiger charge is 2.06. The lowest BCUT2D eigenvalue weighted by Gasteiger charge is -2.13. The maximum atomic E-state index is 12.3. The molecule has 0 atom stereocenters. The van der Waals surface area contributed by atoms with Gasteiger partial charge >= 0.3 is 0 Å². The van der Waals surface area contributed by atoms with Crippen LogP contribution in [0.15, 0.2) is 47.4 Å². The topological polar surface area (TPSA) is 53.2 Å². The Labute approximate surface area is 154 Å². The number of aryl methyl sites for hydroxylation is 1. The van der Waals surface area contributed by atoms with Crippen LogP contribution >= 0.6 is 24.0 Å². The molecule has 0 saturated carbocycles. The van der Waals surface area contributed by atoms with E-state index in [0.29, 0.717) is 27.5 Å². The molecule has 0 unspecified atom stereocenters. The SMILES string of the molecule is CC(=O)Nc1ccc(NC(=S)Nc2ccc(SC(F)F)cc2)cc1C. The summed E-state index contributed by atoms with van der Waals surface area (Å²) in [5, 5.41) is 9.15. The van der Waals surface area contributed by atoms with Crippen LogP contribution in [0.3, 0.4) is 0 Å². The van der Waals surface area contributed by atoms with Gasteiger partial charge in [-0.2, -0.15) is 8.78 Å². The van der Waals surface area contributed by atoms with Gasteiger partial charge in [-0.05, 0) is 67.2 Å². The maximum absolute atomic E-state index is 12.3. The lowest BCUT2D eigenvalue weighted by Crippen LogP contribution is -2.19. The number of rotatable bonds is 5. The summed E-state index contributed by atoms with van der Waals surface area (Å²) in [6, 6.07) is 12.0. The Morgan fingerprint density at radius 1 is 1.04 bits per heavy atom. The summed E-state index contributed by atoms with van der Waals surface area (Å²) in [6.07, 6.45) is 0. The molecule has 2 aromatic carbocycles. The van der Waals surface area contributed by atoms with Crippen molar-refractivity contribution in [3.05, 3.63) is 48.0 Å². The minimum Gasteiger partial charge on any atom is -0.332 e. The lowest BCUT2D eigenvalue weighted by molar-refractivity contribution is -0.114. The fourth-order valence-corrected chi connectivity index (χ4v) is 2.82. The molecule has 4 nitrogen and oxygen atoms in total. The van der Waals surface area contributed by atoms with Gasteiger partial charge in [0.2, 0.25) is 5.91 Å². The van der Waals surface area contributed by atoms with Crippen molar-refractivity contribution in [2.45, 2.75) is 24.5 Å². The van der Waals surface area contributed by atoms with Crippen LogP contribution in [0.2, 0.25) is 0 Å². The van der Waals surface area contributed by atoms with Gasteiger partial charge in [-0.3, -0.25) is 4.79 Å². The van der Waals surface area contributed by atoms with Gasteiger partial charge in [0.05, 0.1) is 0 Å². The lowest BCUT2D eigenvalue weighted by atomic mass is 10.2. The van der Waals surface area contributed by atoms with Crippen LogP contribution in [-0.4, -0.2) is 16.8 Å². The van der Waals surface area contributed by atoms with Crippen molar-refractivity contribution in [2.75, 3.05) is 16.0 Å². The first-order chi connectivity index (χ1) is 11.8. The highest BCUT2D eigenvalue weighted by atomic mass is 32.2. The molecule has 0 aromatic heterocycles. The zero-order valence-corrected chi connectivity index (χ0v) is 15.2. The van der Waals surface area contributed by atoms with Crippen LogP contribution < -0.4 is 16.0 Å². The molecule has 0 spiro atoms. The molecule has 1 amide bonds. The van der Waals surface area contributed by atoms with E-state index in [1.165, 1.54) is 6.92 Å². The van der Waals surface area contributed by atoms with E-state index in [1.807, 2.05) is 13.0 Å². The molecule has 0 bridgehead atoms. The molecule has 3 N–H and O–H groups in total. The molecule has 25 heavy (non-hydrogen) atoms. The number of hydrogen-bond acceptors (Lipinski definition) is 3. The number of nitrogens with one attached hydrogen (secondary N) is 3. The highest BCUT2D eigenvalue weighted by molar-refractivity contribution is 7.99. The molecule has 0 saturated heterocycles. The zero-order valence-electron chi connectivity index (χ0n) is 13.6. The summed E-state index contributed by atoms with van der Waals surface area (Å²) in [5.41, 5.74) is 3.11. The van der Waals surface area contributed by atoms with E-state index in [2.05, 4.69) is 16.0 Å². The van der Waals surface area contributed by atoms with Crippen molar-refractivity contribution in [3.63, 3.8) is 0 Å². The molecule has 0 aliphatic heterocycles. The summed E-state index contributed by atoms with van der Waals surface area (Å²) in [6.45, 7) is 3.34. The largest absolute Gasteiger partial charge is 0.332 e. The molecule has 0 aliphatic carbocycles. The maximum Gasteiger partial charge on any atom is 0.288 e. The van der Waals surface area contributed by atoms with Crippen LogP contribution in [-0.2, 0) is 4.79 Å². The molecule has 2 rings (SSSR count). The molecular weight excluding hydrogens is 364 g/mol. The van der Waals surface area contributed by atoms with E-state index in [-0.39, 0.29) is 5.91 Å². The van der Waals surface area contributed by atoms with Crippen molar-refractivity contribution in [1.82, 2.24) is 0 Å². The number of thioether (sulfide) groups is 1. The average molecular weight is 381 g/mol. The molecule has 0 radical (unpaired) electrons. The number of anilines is 3. The second-order valence-corrected chi connectivity index (χ2v) is 6.66. The van der Waals surface area contributed by atoms with E-state index in [9.17, 15) is 13.6 Å². The Kier molecular flexibility index (Phi) is 6.72. The first kappa shape index (κ1) is 19.1. The number of halogens is 2. The van der Waals surface area contributed by atoms with Gasteiger partial charge < -0.3 is 16.0 Å². The van der Waals surface area contributed by atoms with Gasteiger partial charge in [0, 0.05) is 28.9 Å². The minimum absolute atomic E-state index is 0.130. The van der Waals surface area contributed by atoms with E-state index < -0.39 is 5.76 Å².